The molecule has 1 aliphatic rings. The van der Waals surface area contributed by atoms with E-state index in [4.69, 9.17) is 14.2 Å². The molecule has 162 valence electrons. The van der Waals surface area contributed by atoms with Crippen LogP contribution in [0.15, 0.2) is 42.5 Å². The number of carbonyl (C=O) groups excluding carboxylic acids is 1. The monoisotopic (exact) mass is 412 g/mol. The van der Waals surface area contributed by atoms with Crippen molar-refractivity contribution in [2.24, 2.45) is 0 Å². The Bertz CT molecular complexity index is 834. The Morgan fingerprint density at radius 1 is 1.20 bits per heavy atom. The highest BCUT2D eigenvalue weighted by molar-refractivity contribution is 5.94. The highest BCUT2D eigenvalue weighted by Gasteiger charge is 2.18. The van der Waals surface area contributed by atoms with Crippen LogP contribution in [0.1, 0.15) is 34.3 Å². The number of nitrogens with zero attached hydrogens (tertiary/aromatic N) is 1. The average Bonchev–Trinajstić information content (AvgIpc) is 2.78. The van der Waals surface area contributed by atoms with E-state index < -0.39 is 0 Å². The van der Waals surface area contributed by atoms with Crippen LogP contribution in [0.25, 0.3) is 0 Å². The zero-order valence-electron chi connectivity index (χ0n) is 18.1. The predicted octanol–water partition coefficient (Wildman–Crippen LogP) is 3.42. The van der Waals surface area contributed by atoms with Gasteiger partial charge in [0.05, 0.1) is 7.11 Å². The number of nitrogens with one attached hydrogen (secondary N) is 1. The smallest absolute Gasteiger partial charge is 0.251 e. The maximum atomic E-state index is 12.5. The van der Waals surface area contributed by atoms with Crippen molar-refractivity contribution in [3.8, 4) is 11.5 Å². The first-order valence-electron chi connectivity index (χ1n) is 10.5. The van der Waals surface area contributed by atoms with Crippen LogP contribution in [0, 0.1) is 6.92 Å². The van der Waals surface area contributed by atoms with Gasteiger partial charge in [0.15, 0.2) is 0 Å². The van der Waals surface area contributed by atoms with Crippen LogP contribution in [0.4, 0.5) is 0 Å². The van der Waals surface area contributed by atoms with Crippen molar-refractivity contribution >= 4 is 5.91 Å². The fourth-order valence-corrected chi connectivity index (χ4v) is 3.61. The molecule has 3 rings (SSSR count). The zero-order chi connectivity index (χ0) is 21.3. The van der Waals surface area contributed by atoms with Gasteiger partial charge in [-0.1, -0.05) is 18.2 Å². The third-order valence-corrected chi connectivity index (χ3v) is 5.55. The van der Waals surface area contributed by atoms with Gasteiger partial charge in [-0.3, -0.25) is 9.69 Å². The molecule has 1 heterocycles. The van der Waals surface area contributed by atoms with Crippen molar-refractivity contribution in [2.75, 3.05) is 40.5 Å². The van der Waals surface area contributed by atoms with Gasteiger partial charge in [-0.25, -0.2) is 0 Å². The number of rotatable bonds is 9. The number of aryl methyl sites for hydroxylation is 1. The number of carbonyl (C=O) groups is 1. The molecule has 0 unspecified atom stereocenters. The van der Waals surface area contributed by atoms with Gasteiger partial charge in [-0.2, -0.15) is 0 Å². The molecule has 1 fully saturated rings. The van der Waals surface area contributed by atoms with Crippen LogP contribution >= 0.6 is 0 Å². The lowest BCUT2D eigenvalue weighted by Gasteiger charge is -2.31. The Hall–Kier alpha value is -2.57. The second-order valence-electron chi connectivity index (χ2n) is 7.69. The summed E-state index contributed by atoms with van der Waals surface area (Å²) < 4.78 is 16.7. The molecule has 1 amide bonds. The Kier molecular flexibility index (Phi) is 8.11. The molecular weight excluding hydrogens is 380 g/mol. The van der Waals surface area contributed by atoms with Crippen molar-refractivity contribution in [2.45, 2.75) is 32.4 Å². The molecule has 0 spiro atoms. The summed E-state index contributed by atoms with van der Waals surface area (Å²) in [6, 6.07) is 13.9. The molecule has 2 aromatic rings. The van der Waals surface area contributed by atoms with Gasteiger partial charge in [0, 0.05) is 37.9 Å². The summed E-state index contributed by atoms with van der Waals surface area (Å²) >= 11 is 0. The third-order valence-electron chi connectivity index (χ3n) is 5.55. The molecule has 1 aliphatic heterocycles. The first-order chi connectivity index (χ1) is 14.6. The van der Waals surface area contributed by atoms with Crippen LogP contribution in [0.3, 0.4) is 0 Å². The van der Waals surface area contributed by atoms with Crippen molar-refractivity contribution in [3.05, 3.63) is 59.2 Å². The van der Waals surface area contributed by atoms with Crippen molar-refractivity contribution in [1.82, 2.24) is 10.2 Å². The van der Waals surface area contributed by atoms with E-state index in [0.29, 0.717) is 30.5 Å². The molecule has 2 aromatic carbocycles. The minimum atomic E-state index is -0.127. The maximum absolute atomic E-state index is 12.5. The molecule has 0 bridgehead atoms. The van der Waals surface area contributed by atoms with Crippen molar-refractivity contribution < 1.29 is 19.0 Å². The van der Waals surface area contributed by atoms with E-state index in [2.05, 4.69) is 17.3 Å². The van der Waals surface area contributed by atoms with E-state index in [1.807, 2.05) is 43.3 Å². The Balaban J connectivity index is 1.47. The summed E-state index contributed by atoms with van der Waals surface area (Å²) in [4.78, 5) is 14.8. The van der Waals surface area contributed by atoms with E-state index >= 15 is 0 Å². The standard InChI is InChI=1S/C24H32N2O4/c1-18-7-8-20(16-23(18)28-3)24(27)25-17-19-5-4-6-22(15-19)30-14-11-26(2)21-9-12-29-13-10-21/h4-8,15-16,21H,9-14,17H2,1-3H3,(H,25,27). The normalized spacial score (nSPS) is 14.5. The fraction of sp³-hybridized carbons (Fsp3) is 0.458. The summed E-state index contributed by atoms with van der Waals surface area (Å²) in [5.74, 6) is 1.40. The summed E-state index contributed by atoms with van der Waals surface area (Å²) in [6.45, 7) is 5.59. The van der Waals surface area contributed by atoms with Crippen LogP contribution in [-0.2, 0) is 11.3 Å². The third kappa shape index (κ3) is 6.21. The summed E-state index contributed by atoms with van der Waals surface area (Å²) in [7, 11) is 3.75. The Morgan fingerprint density at radius 3 is 2.77 bits per heavy atom. The van der Waals surface area contributed by atoms with Crippen molar-refractivity contribution in [1.29, 1.82) is 0 Å². The van der Waals surface area contributed by atoms with Crippen LogP contribution in [-0.4, -0.2) is 57.4 Å². The number of hydrogen-bond acceptors (Lipinski definition) is 5. The number of hydrogen-bond donors (Lipinski definition) is 1. The zero-order valence-corrected chi connectivity index (χ0v) is 18.1. The highest BCUT2D eigenvalue weighted by atomic mass is 16.5. The lowest BCUT2D eigenvalue weighted by Crippen LogP contribution is -2.38. The number of likely N-dealkylation sites (N-methyl/N-ethyl adjacent to an activating group) is 1. The quantitative estimate of drug-likeness (QED) is 0.684. The molecule has 0 aliphatic carbocycles. The van der Waals surface area contributed by atoms with Crippen molar-refractivity contribution in [3.63, 3.8) is 0 Å². The predicted molar refractivity (Wildman–Crippen MR) is 117 cm³/mol. The van der Waals surface area contributed by atoms with Gasteiger partial charge in [0.1, 0.15) is 18.1 Å². The number of amides is 1. The molecule has 0 saturated carbocycles. The average molecular weight is 413 g/mol. The second kappa shape index (κ2) is 11.0. The first kappa shape index (κ1) is 22.1. The number of methoxy groups -OCH3 is 1. The highest BCUT2D eigenvalue weighted by Crippen LogP contribution is 2.19. The maximum Gasteiger partial charge on any atom is 0.251 e. The van der Waals surface area contributed by atoms with E-state index in [-0.39, 0.29) is 5.91 Å². The van der Waals surface area contributed by atoms with Gasteiger partial charge < -0.3 is 19.5 Å². The summed E-state index contributed by atoms with van der Waals surface area (Å²) in [6.07, 6.45) is 2.16. The number of benzene rings is 2. The van der Waals surface area contributed by atoms with Gasteiger partial charge in [0.25, 0.3) is 5.91 Å². The fourth-order valence-electron chi connectivity index (χ4n) is 3.61. The SMILES string of the molecule is COc1cc(C(=O)NCc2cccc(OCCN(C)C3CCOCC3)c2)ccc1C. The molecule has 0 radical (unpaired) electrons. The Morgan fingerprint density at radius 2 is 2.00 bits per heavy atom. The van der Waals surface area contributed by atoms with Crippen LogP contribution < -0.4 is 14.8 Å². The molecule has 6 nitrogen and oxygen atoms in total. The first-order valence-corrected chi connectivity index (χ1v) is 10.5. The summed E-state index contributed by atoms with van der Waals surface area (Å²) in [5, 5.41) is 2.96. The summed E-state index contributed by atoms with van der Waals surface area (Å²) in [5.41, 5.74) is 2.58. The van der Waals surface area contributed by atoms with Gasteiger partial charge in [-0.15, -0.1) is 0 Å². The van der Waals surface area contributed by atoms with Crippen LogP contribution in [0.2, 0.25) is 0 Å². The molecule has 1 saturated heterocycles. The topological polar surface area (TPSA) is 60.0 Å². The van der Waals surface area contributed by atoms with E-state index in [0.717, 1.165) is 49.5 Å². The van der Waals surface area contributed by atoms with Gasteiger partial charge >= 0.3 is 0 Å². The Labute approximate surface area is 179 Å². The van der Waals surface area contributed by atoms with Crippen LogP contribution in [0.5, 0.6) is 11.5 Å². The van der Waals surface area contributed by atoms with E-state index in [1.54, 1.807) is 13.2 Å². The lowest BCUT2D eigenvalue weighted by atomic mass is 10.1. The second-order valence-corrected chi connectivity index (χ2v) is 7.69. The molecular formula is C24H32N2O4. The lowest BCUT2D eigenvalue weighted by molar-refractivity contribution is 0.0392. The molecule has 6 heteroatoms. The van der Waals surface area contributed by atoms with Gasteiger partial charge in [-0.05, 0) is 62.2 Å². The number of ether oxygens (including phenoxy) is 3. The largest absolute Gasteiger partial charge is 0.496 e. The van der Waals surface area contributed by atoms with E-state index in [1.165, 1.54) is 0 Å². The van der Waals surface area contributed by atoms with E-state index in [9.17, 15) is 4.79 Å². The molecule has 0 atom stereocenters. The minimum absolute atomic E-state index is 0.127. The van der Waals surface area contributed by atoms with Gasteiger partial charge in [0.2, 0.25) is 0 Å². The molecule has 0 aromatic heterocycles. The molecule has 1 N–H and O–H groups in total. The minimum Gasteiger partial charge on any atom is -0.496 e. The molecule has 30 heavy (non-hydrogen) atoms.